The minimum atomic E-state index is -3.76. The number of tetrazole rings is 1. The zero-order valence-electron chi connectivity index (χ0n) is 20.1. The number of aromatic nitrogens is 4. The van der Waals surface area contributed by atoms with E-state index in [9.17, 15) is 13.2 Å². The highest BCUT2D eigenvalue weighted by molar-refractivity contribution is 7.89. The molecule has 1 aliphatic heterocycles. The van der Waals surface area contributed by atoms with E-state index in [1.807, 2.05) is 44.2 Å². The molecule has 11 heteroatoms. The van der Waals surface area contributed by atoms with Crippen molar-refractivity contribution in [3.05, 3.63) is 48.5 Å². The van der Waals surface area contributed by atoms with Crippen LogP contribution in [0.15, 0.2) is 53.4 Å². The van der Waals surface area contributed by atoms with Crippen molar-refractivity contribution in [2.45, 2.75) is 44.0 Å². The summed E-state index contributed by atoms with van der Waals surface area (Å²) >= 11 is 0. The van der Waals surface area contributed by atoms with E-state index in [1.165, 1.54) is 22.3 Å². The van der Waals surface area contributed by atoms with Crippen LogP contribution in [0.5, 0.6) is 5.75 Å². The maximum Gasteiger partial charge on any atom is 0.251 e. The Hall–Kier alpha value is -3.31. The minimum Gasteiger partial charge on any atom is -0.495 e. The van der Waals surface area contributed by atoms with E-state index in [0.717, 1.165) is 24.8 Å². The molecule has 3 aromatic rings. The summed E-state index contributed by atoms with van der Waals surface area (Å²) in [7, 11) is -2.33. The number of piperidine rings is 1. The van der Waals surface area contributed by atoms with Crippen LogP contribution in [-0.2, 0) is 14.8 Å². The zero-order chi connectivity index (χ0) is 25.0. The SMILES string of the molecule is COc1ccc(NC(=O)C(C(C)C)n2nnc(-c3ccccc3)n2)cc1S(=O)(=O)N1CCCCC1. The molecule has 2 aromatic carbocycles. The third-order valence-electron chi connectivity index (χ3n) is 5.97. The molecule has 1 aliphatic rings. The maximum atomic E-state index is 13.3. The first-order valence-corrected chi connectivity index (χ1v) is 13.1. The highest BCUT2D eigenvalue weighted by Crippen LogP contribution is 2.31. The number of nitrogens with zero attached hydrogens (tertiary/aromatic N) is 5. The van der Waals surface area contributed by atoms with Crippen molar-refractivity contribution in [1.82, 2.24) is 24.5 Å². The maximum absolute atomic E-state index is 13.3. The molecule has 1 fully saturated rings. The van der Waals surface area contributed by atoms with Crippen molar-refractivity contribution in [2.24, 2.45) is 5.92 Å². The average molecular weight is 499 g/mol. The Balaban J connectivity index is 1.59. The van der Waals surface area contributed by atoms with Crippen molar-refractivity contribution < 1.29 is 17.9 Å². The van der Waals surface area contributed by atoms with Gasteiger partial charge in [0.25, 0.3) is 5.91 Å². The van der Waals surface area contributed by atoms with Crippen LogP contribution in [0, 0.1) is 5.92 Å². The molecule has 0 saturated carbocycles. The number of nitrogens with one attached hydrogen (secondary N) is 1. The molecule has 1 aromatic heterocycles. The number of benzene rings is 2. The van der Waals surface area contributed by atoms with Crippen molar-refractivity contribution in [1.29, 1.82) is 0 Å². The molecule has 10 nitrogen and oxygen atoms in total. The van der Waals surface area contributed by atoms with E-state index < -0.39 is 16.1 Å². The minimum absolute atomic E-state index is 0.0334. The third kappa shape index (κ3) is 5.35. The molecule has 186 valence electrons. The molecule has 1 atom stereocenters. The summed E-state index contributed by atoms with van der Waals surface area (Å²) < 4.78 is 33.4. The molecule has 1 saturated heterocycles. The number of carbonyl (C=O) groups is 1. The van der Waals surface area contributed by atoms with Gasteiger partial charge in [-0.2, -0.15) is 9.10 Å². The van der Waals surface area contributed by atoms with Gasteiger partial charge in [-0.05, 0) is 42.2 Å². The summed E-state index contributed by atoms with van der Waals surface area (Å²) in [5.41, 5.74) is 1.14. The van der Waals surface area contributed by atoms with Crippen LogP contribution in [0.25, 0.3) is 11.4 Å². The average Bonchev–Trinajstić information content (AvgIpc) is 3.34. The highest BCUT2D eigenvalue weighted by Gasteiger charge is 2.31. The molecular weight excluding hydrogens is 468 g/mol. The summed E-state index contributed by atoms with van der Waals surface area (Å²) in [6.07, 6.45) is 2.66. The largest absolute Gasteiger partial charge is 0.495 e. The van der Waals surface area contributed by atoms with E-state index >= 15 is 0 Å². The molecule has 1 amide bonds. The van der Waals surface area contributed by atoms with Gasteiger partial charge in [-0.25, -0.2) is 8.42 Å². The summed E-state index contributed by atoms with van der Waals surface area (Å²) in [5.74, 6) is 0.133. The monoisotopic (exact) mass is 498 g/mol. The van der Waals surface area contributed by atoms with E-state index in [1.54, 1.807) is 12.1 Å². The number of hydrogen-bond donors (Lipinski definition) is 1. The van der Waals surface area contributed by atoms with Crippen molar-refractivity contribution >= 4 is 21.6 Å². The number of methoxy groups -OCH3 is 1. The lowest BCUT2D eigenvalue weighted by atomic mass is 10.0. The van der Waals surface area contributed by atoms with E-state index in [0.29, 0.717) is 24.6 Å². The van der Waals surface area contributed by atoms with E-state index in [2.05, 4.69) is 20.7 Å². The van der Waals surface area contributed by atoms with Crippen LogP contribution in [-0.4, -0.2) is 59.0 Å². The lowest BCUT2D eigenvalue weighted by Crippen LogP contribution is -2.36. The third-order valence-corrected chi connectivity index (χ3v) is 7.89. The summed E-state index contributed by atoms with van der Waals surface area (Å²) in [6.45, 7) is 4.71. The first kappa shape index (κ1) is 24.8. The van der Waals surface area contributed by atoms with Gasteiger partial charge >= 0.3 is 0 Å². The summed E-state index contributed by atoms with van der Waals surface area (Å²) in [6, 6.07) is 13.3. The second-order valence-corrected chi connectivity index (χ2v) is 10.7. The predicted molar refractivity (Wildman–Crippen MR) is 131 cm³/mol. The van der Waals surface area contributed by atoms with Gasteiger partial charge in [0.15, 0.2) is 6.04 Å². The molecule has 0 bridgehead atoms. The van der Waals surface area contributed by atoms with Gasteiger partial charge in [0, 0.05) is 24.3 Å². The van der Waals surface area contributed by atoms with Crippen molar-refractivity contribution in [3.8, 4) is 17.1 Å². The van der Waals surface area contributed by atoms with Crippen LogP contribution in [0.4, 0.5) is 5.69 Å². The molecule has 1 N–H and O–H groups in total. The van der Waals surface area contributed by atoms with Gasteiger partial charge in [0.05, 0.1) is 7.11 Å². The Morgan fingerprint density at radius 2 is 1.77 bits per heavy atom. The first-order chi connectivity index (χ1) is 16.8. The quantitative estimate of drug-likeness (QED) is 0.506. The standard InChI is InChI=1S/C24H30N6O4S/c1-17(2)22(30-27-23(26-28-30)18-10-6-4-7-11-18)24(31)25-19-12-13-20(34-3)21(16-19)35(32,33)29-14-8-5-9-15-29/h4,6-7,10-13,16-17,22H,5,8-9,14-15H2,1-3H3,(H,25,31). The first-order valence-electron chi connectivity index (χ1n) is 11.6. The van der Waals surface area contributed by atoms with Crippen LogP contribution < -0.4 is 10.1 Å². The summed E-state index contributed by atoms with van der Waals surface area (Å²) in [4.78, 5) is 14.6. The van der Waals surface area contributed by atoms with Crippen LogP contribution in [0.2, 0.25) is 0 Å². The molecule has 35 heavy (non-hydrogen) atoms. The van der Waals surface area contributed by atoms with E-state index in [-0.39, 0.29) is 22.5 Å². The summed E-state index contributed by atoms with van der Waals surface area (Å²) in [5, 5.41) is 15.5. The lowest BCUT2D eigenvalue weighted by Gasteiger charge is -2.27. The lowest BCUT2D eigenvalue weighted by molar-refractivity contribution is -0.121. The Morgan fingerprint density at radius 3 is 2.43 bits per heavy atom. The Kier molecular flexibility index (Phi) is 7.46. The number of rotatable bonds is 8. The number of anilines is 1. The number of ether oxygens (including phenoxy) is 1. The zero-order valence-corrected chi connectivity index (χ0v) is 20.9. The van der Waals surface area contributed by atoms with Crippen LogP contribution in [0.3, 0.4) is 0 Å². The molecule has 1 unspecified atom stereocenters. The van der Waals surface area contributed by atoms with Gasteiger partial charge in [0.1, 0.15) is 10.6 Å². The van der Waals surface area contributed by atoms with Gasteiger partial charge in [-0.15, -0.1) is 10.2 Å². The Labute approximate surface area is 205 Å². The predicted octanol–water partition coefficient (Wildman–Crippen LogP) is 3.36. The van der Waals surface area contributed by atoms with Gasteiger partial charge in [0.2, 0.25) is 15.8 Å². The Bertz CT molecular complexity index is 1270. The van der Waals surface area contributed by atoms with Crippen molar-refractivity contribution in [2.75, 3.05) is 25.5 Å². The fourth-order valence-electron chi connectivity index (χ4n) is 4.14. The normalized spacial score (nSPS) is 15.7. The van der Waals surface area contributed by atoms with E-state index in [4.69, 9.17) is 4.74 Å². The molecular formula is C24H30N6O4S. The van der Waals surface area contributed by atoms with Crippen LogP contribution >= 0.6 is 0 Å². The topological polar surface area (TPSA) is 119 Å². The second-order valence-electron chi connectivity index (χ2n) is 8.81. The van der Waals surface area contributed by atoms with Gasteiger partial charge < -0.3 is 10.1 Å². The number of amides is 1. The number of carbonyl (C=O) groups excluding carboxylic acids is 1. The second kappa shape index (κ2) is 10.5. The molecule has 2 heterocycles. The van der Waals surface area contributed by atoms with Crippen molar-refractivity contribution in [3.63, 3.8) is 0 Å². The molecule has 4 rings (SSSR count). The molecule has 0 spiro atoms. The van der Waals surface area contributed by atoms with Gasteiger partial charge in [-0.1, -0.05) is 50.6 Å². The molecule has 0 radical (unpaired) electrons. The Morgan fingerprint density at radius 1 is 1.06 bits per heavy atom. The number of sulfonamides is 1. The fourth-order valence-corrected chi connectivity index (χ4v) is 5.84. The fraction of sp³-hybridized carbons (Fsp3) is 0.417. The number of hydrogen-bond acceptors (Lipinski definition) is 7. The highest BCUT2D eigenvalue weighted by atomic mass is 32.2. The smallest absolute Gasteiger partial charge is 0.251 e. The molecule has 0 aliphatic carbocycles. The van der Waals surface area contributed by atoms with Crippen LogP contribution in [0.1, 0.15) is 39.2 Å². The van der Waals surface area contributed by atoms with Gasteiger partial charge in [-0.3, -0.25) is 4.79 Å².